The Balaban J connectivity index is 1.56. The fourth-order valence-electron chi connectivity index (χ4n) is 2.85. The summed E-state index contributed by atoms with van der Waals surface area (Å²) in [5.74, 6) is -0.373. The van der Waals surface area contributed by atoms with Crippen LogP contribution in [-0.2, 0) is 14.8 Å². The van der Waals surface area contributed by atoms with E-state index in [1.807, 2.05) is 6.92 Å². The van der Waals surface area contributed by atoms with Gasteiger partial charge in [-0.3, -0.25) is 9.52 Å². The second-order valence-corrected chi connectivity index (χ2v) is 9.26. The van der Waals surface area contributed by atoms with Gasteiger partial charge in [-0.2, -0.15) is 0 Å². The van der Waals surface area contributed by atoms with Gasteiger partial charge in [0.25, 0.3) is 15.9 Å². The molecule has 0 aliphatic carbocycles. The van der Waals surface area contributed by atoms with Gasteiger partial charge in [0.05, 0.1) is 16.6 Å². The zero-order chi connectivity index (χ0) is 23.3. The number of halogens is 2. The first kappa shape index (κ1) is 23.6. The molecule has 1 amide bonds. The Hall–Kier alpha value is -3.10. The van der Waals surface area contributed by atoms with E-state index in [1.54, 1.807) is 31.2 Å². The number of nitrogens with one attached hydrogen (secondary N) is 2. The van der Waals surface area contributed by atoms with Crippen LogP contribution in [-0.4, -0.2) is 20.9 Å². The molecule has 0 heterocycles. The molecule has 0 radical (unpaired) electrons. The molecule has 2 N–H and O–H groups in total. The molecule has 0 saturated heterocycles. The van der Waals surface area contributed by atoms with Crippen molar-refractivity contribution in [2.24, 2.45) is 0 Å². The van der Waals surface area contributed by atoms with E-state index in [1.165, 1.54) is 42.5 Å². The third-order valence-electron chi connectivity index (χ3n) is 4.68. The lowest BCUT2D eigenvalue weighted by Gasteiger charge is -2.15. The number of ether oxygens (including phenoxy) is 1. The number of aryl methyl sites for hydroxylation is 1. The lowest BCUT2D eigenvalue weighted by molar-refractivity contribution is -0.123. The molecule has 0 aromatic heterocycles. The molecule has 3 aromatic rings. The molecule has 0 spiro atoms. The molecule has 0 saturated carbocycles. The van der Waals surface area contributed by atoms with E-state index < -0.39 is 10.0 Å². The Labute approximate surface area is 191 Å². The average Bonchev–Trinajstić information content (AvgIpc) is 2.75. The molecule has 9 heteroatoms. The maximum atomic E-state index is 13.0. The summed E-state index contributed by atoms with van der Waals surface area (Å²) in [6, 6.07) is 16.1. The molecule has 32 heavy (non-hydrogen) atoms. The Bertz CT molecular complexity index is 1200. The number of carbonyl (C=O) groups excluding carboxylic acids is 1. The van der Waals surface area contributed by atoms with E-state index in [2.05, 4.69) is 10.0 Å². The van der Waals surface area contributed by atoms with Crippen molar-refractivity contribution >= 4 is 33.2 Å². The Morgan fingerprint density at radius 3 is 2.34 bits per heavy atom. The van der Waals surface area contributed by atoms with Crippen LogP contribution in [0.5, 0.6) is 5.75 Å². The molecular weight excluding hydrogens is 455 g/mol. The molecule has 6 nitrogen and oxygen atoms in total. The van der Waals surface area contributed by atoms with Crippen LogP contribution in [0.1, 0.15) is 24.1 Å². The lowest BCUT2D eigenvalue weighted by Crippen LogP contribution is -2.31. The summed E-state index contributed by atoms with van der Waals surface area (Å²) >= 11 is 6.04. The molecule has 168 valence electrons. The van der Waals surface area contributed by atoms with Gasteiger partial charge < -0.3 is 10.1 Å². The fraction of sp³-hybridized carbons (Fsp3) is 0.174. The SMILES string of the molecule is Cc1ccc(NS(=O)(=O)c2ccc(OCC(=O)N[C@@H](C)c3ccc(F)cc3)cc2)cc1Cl. The highest BCUT2D eigenvalue weighted by atomic mass is 35.5. The quantitative estimate of drug-likeness (QED) is 0.487. The minimum absolute atomic E-state index is 0.0379. The highest BCUT2D eigenvalue weighted by Gasteiger charge is 2.15. The van der Waals surface area contributed by atoms with Crippen molar-refractivity contribution in [2.75, 3.05) is 11.3 Å². The van der Waals surface area contributed by atoms with Crippen molar-refractivity contribution in [3.8, 4) is 5.75 Å². The van der Waals surface area contributed by atoms with Crippen LogP contribution in [0.2, 0.25) is 5.02 Å². The van der Waals surface area contributed by atoms with Crippen LogP contribution in [0, 0.1) is 12.7 Å². The third kappa shape index (κ3) is 6.21. The van der Waals surface area contributed by atoms with Gasteiger partial charge in [-0.15, -0.1) is 0 Å². The summed E-state index contributed by atoms with van der Waals surface area (Å²) in [6.07, 6.45) is 0. The molecule has 0 fully saturated rings. The van der Waals surface area contributed by atoms with Crippen LogP contribution < -0.4 is 14.8 Å². The zero-order valence-electron chi connectivity index (χ0n) is 17.4. The summed E-state index contributed by atoms with van der Waals surface area (Å²) in [6.45, 7) is 3.35. The van der Waals surface area contributed by atoms with E-state index in [9.17, 15) is 17.6 Å². The van der Waals surface area contributed by atoms with Crippen LogP contribution in [0.3, 0.4) is 0 Å². The zero-order valence-corrected chi connectivity index (χ0v) is 19.0. The van der Waals surface area contributed by atoms with Crippen LogP contribution >= 0.6 is 11.6 Å². The van der Waals surface area contributed by atoms with Gasteiger partial charge in [-0.1, -0.05) is 29.8 Å². The fourth-order valence-corrected chi connectivity index (χ4v) is 4.08. The minimum atomic E-state index is -3.81. The van der Waals surface area contributed by atoms with Gasteiger partial charge in [-0.05, 0) is 73.5 Å². The Kier molecular flexibility index (Phi) is 7.37. The first-order chi connectivity index (χ1) is 15.1. The van der Waals surface area contributed by atoms with Gasteiger partial charge in [0.15, 0.2) is 6.61 Å². The van der Waals surface area contributed by atoms with E-state index in [4.69, 9.17) is 16.3 Å². The number of rotatable bonds is 8. The summed E-state index contributed by atoms with van der Waals surface area (Å²) in [5.41, 5.74) is 1.96. The first-order valence-electron chi connectivity index (χ1n) is 9.71. The molecule has 3 rings (SSSR count). The van der Waals surface area contributed by atoms with E-state index in [0.29, 0.717) is 16.5 Å². The second kappa shape index (κ2) is 10.0. The Morgan fingerprint density at radius 2 is 1.72 bits per heavy atom. The molecule has 0 aliphatic rings. The monoisotopic (exact) mass is 476 g/mol. The highest BCUT2D eigenvalue weighted by molar-refractivity contribution is 7.92. The maximum absolute atomic E-state index is 13.0. The van der Waals surface area contributed by atoms with Crippen LogP contribution in [0.15, 0.2) is 71.6 Å². The van der Waals surface area contributed by atoms with Crippen LogP contribution in [0.25, 0.3) is 0 Å². The van der Waals surface area contributed by atoms with Gasteiger partial charge >= 0.3 is 0 Å². The van der Waals surface area contributed by atoms with Crippen molar-refractivity contribution in [1.82, 2.24) is 5.32 Å². The number of hydrogen-bond acceptors (Lipinski definition) is 4. The molecule has 3 aromatic carbocycles. The van der Waals surface area contributed by atoms with Crippen molar-refractivity contribution < 1.29 is 22.3 Å². The topological polar surface area (TPSA) is 84.5 Å². The summed E-state index contributed by atoms with van der Waals surface area (Å²) in [4.78, 5) is 12.2. The summed E-state index contributed by atoms with van der Waals surface area (Å²) in [5, 5.41) is 3.21. The van der Waals surface area contributed by atoms with Gasteiger partial charge in [0, 0.05) is 5.02 Å². The van der Waals surface area contributed by atoms with Crippen molar-refractivity contribution in [2.45, 2.75) is 24.8 Å². The lowest BCUT2D eigenvalue weighted by atomic mass is 10.1. The minimum Gasteiger partial charge on any atom is -0.484 e. The molecular formula is C23H22ClFN2O4S. The number of hydrogen-bond donors (Lipinski definition) is 2. The Morgan fingerprint density at radius 1 is 1.06 bits per heavy atom. The number of benzene rings is 3. The predicted molar refractivity (Wildman–Crippen MR) is 122 cm³/mol. The predicted octanol–water partition coefficient (Wildman–Crippen LogP) is 4.84. The maximum Gasteiger partial charge on any atom is 0.261 e. The van der Waals surface area contributed by atoms with Gasteiger partial charge in [0.1, 0.15) is 11.6 Å². The van der Waals surface area contributed by atoms with Crippen LogP contribution in [0.4, 0.5) is 10.1 Å². The largest absolute Gasteiger partial charge is 0.484 e. The van der Waals surface area contributed by atoms with Crippen molar-refractivity contribution in [3.63, 3.8) is 0 Å². The number of sulfonamides is 1. The highest BCUT2D eigenvalue weighted by Crippen LogP contribution is 2.23. The van der Waals surface area contributed by atoms with Crippen molar-refractivity contribution in [3.05, 3.63) is 88.7 Å². The summed E-state index contributed by atoms with van der Waals surface area (Å²) < 4.78 is 46.1. The average molecular weight is 477 g/mol. The smallest absolute Gasteiger partial charge is 0.261 e. The van der Waals surface area contributed by atoms with Gasteiger partial charge in [0.2, 0.25) is 0 Å². The molecule has 0 bridgehead atoms. The van der Waals surface area contributed by atoms with Crippen molar-refractivity contribution in [1.29, 1.82) is 0 Å². The number of carbonyl (C=O) groups is 1. The normalized spacial score (nSPS) is 12.1. The number of amides is 1. The van der Waals surface area contributed by atoms with E-state index in [-0.39, 0.29) is 29.3 Å². The third-order valence-corrected chi connectivity index (χ3v) is 6.48. The van der Waals surface area contributed by atoms with E-state index in [0.717, 1.165) is 11.1 Å². The van der Waals surface area contributed by atoms with Gasteiger partial charge in [-0.25, -0.2) is 12.8 Å². The molecule has 1 atom stereocenters. The summed E-state index contributed by atoms with van der Waals surface area (Å²) in [7, 11) is -3.81. The number of anilines is 1. The standard InChI is InChI=1S/C23H22ClFN2O4S/c1-15-3-8-19(13-22(15)24)27-32(29,30)21-11-9-20(10-12-21)31-14-23(28)26-16(2)17-4-6-18(25)7-5-17/h3-13,16,27H,14H2,1-2H3,(H,26,28)/t16-/m0/s1. The molecule has 0 aliphatic heterocycles. The first-order valence-corrected chi connectivity index (χ1v) is 11.6. The van der Waals surface area contributed by atoms with E-state index >= 15 is 0 Å². The molecule has 0 unspecified atom stereocenters. The second-order valence-electron chi connectivity index (χ2n) is 7.17.